The molecule has 0 radical (unpaired) electrons. The predicted octanol–water partition coefficient (Wildman–Crippen LogP) is 2.18. The van der Waals surface area contributed by atoms with Gasteiger partial charge in [-0.25, -0.2) is 4.52 Å². The van der Waals surface area contributed by atoms with E-state index in [4.69, 9.17) is 10.5 Å². The van der Waals surface area contributed by atoms with Crippen LogP contribution in [0.2, 0.25) is 0 Å². The van der Waals surface area contributed by atoms with Gasteiger partial charge >= 0.3 is 0 Å². The van der Waals surface area contributed by atoms with E-state index in [1.165, 1.54) is 7.11 Å². The van der Waals surface area contributed by atoms with Crippen molar-refractivity contribution in [1.82, 2.24) is 9.61 Å². The summed E-state index contributed by atoms with van der Waals surface area (Å²) < 4.78 is 6.79. The number of methoxy groups -OCH3 is 1. The molecule has 21 heavy (non-hydrogen) atoms. The summed E-state index contributed by atoms with van der Waals surface area (Å²) in [4.78, 5) is 12.3. The first-order chi connectivity index (χ1) is 10.2. The Labute approximate surface area is 121 Å². The predicted molar refractivity (Wildman–Crippen MR) is 80.6 cm³/mol. The van der Waals surface area contributed by atoms with Crippen LogP contribution in [-0.2, 0) is 0 Å². The largest absolute Gasteiger partial charge is 0.495 e. The highest BCUT2D eigenvalue weighted by Gasteiger charge is 2.13. The number of fused-ring (bicyclic) bond motifs is 1. The molecule has 0 aliphatic rings. The number of aromatic nitrogens is 2. The second-order valence-corrected chi connectivity index (χ2v) is 4.50. The third kappa shape index (κ3) is 2.38. The minimum absolute atomic E-state index is 0.233. The smallest absolute Gasteiger partial charge is 0.259 e. The van der Waals surface area contributed by atoms with Crippen molar-refractivity contribution in [2.24, 2.45) is 0 Å². The summed E-state index contributed by atoms with van der Waals surface area (Å²) in [5.41, 5.74) is 8.13. The fraction of sp³-hybridized carbons (Fsp3) is 0.0667. The minimum Gasteiger partial charge on any atom is -0.495 e. The van der Waals surface area contributed by atoms with Gasteiger partial charge in [-0.3, -0.25) is 4.79 Å². The van der Waals surface area contributed by atoms with Crippen LogP contribution in [0.15, 0.2) is 48.8 Å². The van der Waals surface area contributed by atoms with E-state index < -0.39 is 0 Å². The summed E-state index contributed by atoms with van der Waals surface area (Å²) in [5.74, 6) is 0.288. The number of nitrogens with zero attached hydrogens (tertiary/aromatic N) is 2. The molecule has 6 nitrogen and oxygen atoms in total. The normalized spacial score (nSPS) is 10.5. The van der Waals surface area contributed by atoms with E-state index in [0.29, 0.717) is 22.7 Å². The molecule has 1 aromatic carbocycles. The molecule has 2 aromatic heterocycles. The molecule has 0 atom stereocenters. The van der Waals surface area contributed by atoms with Crippen LogP contribution in [0, 0.1) is 0 Å². The highest BCUT2D eigenvalue weighted by molar-refractivity contribution is 6.08. The number of hydrogen-bond donors (Lipinski definition) is 2. The molecule has 0 saturated heterocycles. The number of nitrogens with one attached hydrogen (secondary N) is 1. The van der Waals surface area contributed by atoms with Crippen molar-refractivity contribution in [2.75, 3.05) is 18.2 Å². The first kappa shape index (κ1) is 13.0. The Kier molecular flexibility index (Phi) is 3.19. The second-order valence-electron chi connectivity index (χ2n) is 4.50. The summed E-state index contributed by atoms with van der Waals surface area (Å²) in [6.45, 7) is 0. The Morgan fingerprint density at radius 1 is 1.33 bits per heavy atom. The van der Waals surface area contributed by atoms with E-state index >= 15 is 0 Å². The Hall–Kier alpha value is -3.02. The van der Waals surface area contributed by atoms with Crippen molar-refractivity contribution in [3.05, 3.63) is 54.4 Å². The van der Waals surface area contributed by atoms with Crippen molar-refractivity contribution in [1.29, 1.82) is 0 Å². The highest BCUT2D eigenvalue weighted by Crippen LogP contribution is 2.25. The number of carbonyl (C=O) groups excluding carboxylic acids is 1. The maximum absolute atomic E-state index is 12.3. The molecule has 0 bridgehead atoms. The molecule has 3 N–H and O–H groups in total. The van der Waals surface area contributed by atoms with Gasteiger partial charge in [0.2, 0.25) is 0 Å². The van der Waals surface area contributed by atoms with E-state index in [-0.39, 0.29) is 5.91 Å². The van der Waals surface area contributed by atoms with Gasteiger partial charge in [-0.05, 0) is 24.3 Å². The molecular weight excluding hydrogens is 268 g/mol. The maximum atomic E-state index is 12.3. The van der Waals surface area contributed by atoms with Crippen molar-refractivity contribution in [2.45, 2.75) is 0 Å². The van der Waals surface area contributed by atoms with Crippen LogP contribution >= 0.6 is 0 Å². The molecule has 3 aromatic rings. The van der Waals surface area contributed by atoms with Crippen molar-refractivity contribution in [3.8, 4) is 5.75 Å². The number of nitrogens with two attached hydrogens (primary N) is 1. The quantitative estimate of drug-likeness (QED) is 0.721. The molecule has 2 heterocycles. The topological polar surface area (TPSA) is 81.6 Å². The lowest BCUT2D eigenvalue weighted by Gasteiger charge is -2.08. The Balaban J connectivity index is 1.89. The zero-order valence-electron chi connectivity index (χ0n) is 11.4. The third-order valence-corrected chi connectivity index (χ3v) is 3.16. The van der Waals surface area contributed by atoms with Crippen LogP contribution in [0.3, 0.4) is 0 Å². The van der Waals surface area contributed by atoms with Crippen LogP contribution in [0.25, 0.3) is 5.52 Å². The van der Waals surface area contributed by atoms with Gasteiger partial charge in [-0.1, -0.05) is 6.07 Å². The van der Waals surface area contributed by atoms with Gasteiger partial charge in [0.15, 0.2) is 0 Å². The molecule has 0 unspecified atom stereocenters. The van der Waals surface area contributed by atoms with Crippen molar-refractivity contribution < 1.29 is 9.53 Å². The molecule has 1 amide bonds. The average Bonchev–Trinajstić information content (AvgIpc) is 2.93. The first-order valence-corrected chi connectivity index (χ1v) is 6.36. The molecule has 0 spiro atoms. The Morgan fingerprint density at radius 2 is 2.19 bits per heavy atom. The summed E-state index contributed by atoms with van der Waals surface area (Å²) in [7, 11) is 1.53. The minimum atomic E-state index is -0.233. The molecule has 106 valence electrons. The fourth-order valence-electron chi connectivity index (χ4n) is 2.10. The van der Waals surface area contributed by atoms with Crippen LogP contribution < -0.4 is 15.8 Å². The number of nitrogen functional groups attached to an aromatic ring is 1. The molecule has 0 fully saturated rings. The van der Waals surface area contributed by atoms with Gasteiger partial charge in [-0.15, -0.1) is 0 Å². The van der Waals surface area contributed by atoms with E-state index in [1.807, 2.05) is 18.2 Å². The number of carbonyl (C=O) groups is 1. The van der Waals surface area contributed by atoms with E-state index in [1.54, 1.807) is 35.1 Å². The zero-order valence-corrected chi connectivity index (χ0v) is 11.4. The van der Waals surface area contributed by atoms with Gasteiger partial charge in [0.05, 0.1) is 30.1 Å². The lowest BCUT2D eigenvalue weighted by atomic mass is 10.2. The summed E-state index contributed by atoms with van der Waals surface area (Å²) in [6, 6.07) is 10.6. The van der Waals surface area contributed by atoms with Gasteiger partial charge < -0.3 is 15.8 Å². The van der Waals surface area contributed by atoms with Crippen LogP contribution in [0.5, 0.6) is 5.75 Å². The van der Waals surface area contributed by atoms with E-state index in [9.17, 15) is 4.79 Å². The Bertz CT molecular complexity index is 810. The van der Waals surface area contributed by atoms with Crippen LogP contribution in [0.1, 0.15) is 10.4 Å². The molecular formula is C15H14N4O2. The van der Waals surface area contributed by atoms with Gasteiger partial charge in [0.1, 0.15) is 5.75 Å². The summed E-state index contributed by atoms with van der Waals surface area (Å²) in [5, 5.41) is 6.95. The zero-order chi connectivity index (χ0) is 14.8. The number of pyridine rings is 1. The molecule has 3 rings (SSSR count). The van der Waals surface area contributed by atoms with Crippen molar-refractivity contribution >= 4 is 22.8 Å². The molecule has 0 aliphatic heterocycles. The highest BCUT2D eigenvalue weighted by atomic mass is 16.5. The van der Waals surface area contributed by atoms with Crippen molar-refractivity contribution in [3.63, 3.8) is 0 Å². The number of rotatable bonds is 3. The van der Waals surface area contributed by atoms with Crippen LogP contribution in [-0.4, -0.2) is 22.6 Å². The summed E-state index contributed by atoms with van der Waals surface area (Å²) in [6.07, 6.45) is 3.33. The first-order valence-electron chi connectivity index (χ1n) is 6.36. The number of amides is 1. The lowest BCUT2D eigenvalue weighted by molar-refractivity contribution is 0.102. The number of hydrogen-bond acceptors (Lipinski definition) is 4. The second kappa shape index (κ2) is 5.16. The van der Waals surface area contributed by atoms with Gasteiger partial charge in [0.25, 0.3) is 5.91 Å². The van der Waals surface area contributed by atoms with Gasteiger partial charge in [-0.2, -0.15) is 5.10 Å². The Morgan fingerprint density at radius 3 is 3.00 bits per heavy atom. The average molecular weight is 282 g/mol. The number of anilines is 2. The standard InChI is InChI=1S/C15H14N4O2/c1-21-14-8-10(5-6-12(14)16)18-15(20)11-9-17-19-7-3-2-4-13(11)19/h2-9H,16H2,1H3,(H,18,20). The summed E-state index contributed by atoms with van der Waals surface area (Å²) >= 11 is 0. The number of benzene rings is 1. The van der Waals surface area contributed by atoms with Crippen LogP contribution in [0.4, 0.5) is 11.4 Å². The lowest BCUT2D eigenvalue weighted by Crippen LogP contribution is -2.11. The monoisotopic (exact) mass is 282 g/mol. The van der Waals surface area contributed by atoms with Gasteiger partial charge in [0, 0.05) is 18.0 Å². The molecule has 0 aliphatic carbocycles. The number of ether oxygens (including phenoxy) is 1. The SMILES string of the molecule is COc1cc(NC(=O)c2cnn3ccccc23)ccc1N. The third-order valence-electron chi connectivity index (χ3n) is 3.16. The molecule has 0 saturated carbocycles. The fourth-order valence-corrected chi connectivity index (χ4v) is 2.10. The van der Waals surface area contributed by atoms with E-state index in [0.717, 1.165) is 5.52 Å². The molecule has 6 heteroatoms. The van der Waals surface area contributed by atoms with E-state index in [2.05, 4.69) is 10.4 Å². The maximum Gasteiger partial charge on any atom is 0.259 e.